The van der Waals surface area contributed by atoms with Crippen molar-refractivity contribution in [3.63, 3.8) is 0 Å². The molecule has 0 fully saturated rings. The molecule has 1 aromatic heterocycles. The van der Waals surface area contributed by atoms with Gasteiger partial charge in [0.1, 0.15) is 12.1 Å². The first-order valence-electron chi connectivity index (χ1n) is 8.97. The number of hydrogen-bond acceptors (Lipinski definition) is 5. The van der Waals surface area contributed by atoms with E-state index >= 15 is 0 Å². The van der Waals surface area contributed by atoms with Gasteiger partial charge in [0.15, 0.2) is 0 Å². The first kappa shape index (κ1) is 20.5. The molecular formula is C19H23ClN4O3S. The molecule has 2 heterocycles. The summed E-state index contributed by atoms with van der Waals surface area (Å²) in [5.41, 5.74) is 2.56. The number of imidazole rings is 1. The lowest BCUT2D eigenvalue weighted by Gasteiger charge is -2.36. The minimum atomic E-state index is -0.697. The Morgan fingerprint density at radius 3 is 2.96 bits per heavy atom. The molecule has 2 amide bonds. The van der Waals surface area contributed by atoms with Gasteiger partial charge >= 0.3 is 12.0 Å². The number of aromatic amines is 1. The van der Waals surface area contributed by atoms with E-state index in [0.717, 1.165) is 22.7 Å². The van der Waals surface area contributed by atoms with Crippen molar-refractivity contribution in [2.45, 2.75) is 24.9 Å². The summed E-state index contributed by atoms with van der Waals surface area (Å²) in [6.45, 7) is 0.480. The highest BCUT2D eigenvalue weighted by Crippen LogP contribution is 2.36. The second kappa shape index (κ2) is 9.34. The maximum atomic E-state index is 13.1. The molecule has 1 aliphatic rings. The number of amides is 2. The van der Waals surface area contributed by atoms with Gasteiger partial charge in [-0.15, -0.1) is 0 Å². The summed E-state index contributed by atoms with van der Waals surface area (Å²) >= 11 is 8.04. The predicted molar refractivity (Wildman–Crippen MR) is 110 cm³/mol. The SMILES string of the molecule is COC(=O)[C@@H](CCSC)NC(=O)N1CCc2[nH]cnc2[C@@H]1c1ccccc1Cl. The Balaban J connectivity index is 1.89. The van der Waals surface area contributed by atoms with Crippen LogP contribution in [0.25, 0.3) is 0 Å². The molecule has 3 rings (SSSR count). The number of benzene rings is 1. The Morgan fingerprint density at radius 2 is 2.25 bits per heavy atom. The summed E-state index contributed by atoms with van der Waals surface area (Å²) in [5, 5.41) is 3.40. The molecule has 150 valence electrons. The number of urea groups is 1. The average Bonchev–Trinajstić information content (AvgIpc) is 3.19. The van der Waals surface area contributed by atoms with Gasteiger partial charge in [0.25, 0.3) is 0 Å². The maximum absolute atomic E-state index is 13.1. The number of H-pyrrole nitrogens is 1. The van der Waals surface area contributed by atoms with Crippen LogP contribution in [0.15, 0.2) is 30.6 Å². The third-order valence-corrected chi connectivity index (χ3v) is 5.77. The highest BCUT2D eigenvalue weighted by atomic mass is 35.5. The van der Waals surface area contributed by atoms with Gasteiger partial charge in [0.05, 0.1) is 19.1 Å². The molecule has 0 saturated heterocycles. The van der Waals surface area contributed by atoms with E-state index in [9.17, 15) is 9.59 Å². The topological polar surface area (TPSA) is 87.3 Å². The number of carbonyl (C=O) groups excluding carboxylic acids is 2. The fourth-order valence-corrected chi connectivity index (χ4v) is 4.08. The molecular weight excluding hydrogens is 400 g/mol. The van der Waals surface area contributed by atoms with Crippen LogP contribution in [0.3, 0.4) is 0 Å². The van der Waals surface area contributed by atoms with E-state index in [0.29, 0.717) is 24.4 Å². The fraction of sp³-hybridized carbons (Fsp3) is 0.421. The standard InChI is InChI=1S/C19H23ClN4O3S/c1-27-18(25)15(8-10-28-2)23-19(26)24-9-7-14-16(22-11-21-14)17(24)12-5-3-4-6-13(12)20/h3-6,11,15,17H,7-10H2,1-2H3,(H,21,22)(H,23,26)/t15-,17+/m1/s1. The number of rotatable bonds is 6. The van der Waals surface area contributed by atoms with Gasteiger partial charge in [-0.3, -0.25) is 0 Å². The first-order chi connectivity index (χ1) is 13.6. The summed E-state index contributed by atoms with van der Waals surface area (Å²) in [6, 6.07) is 5.95. The first-order valence-corrected chi connectivity index (χ1v) is 10.7. The summed E-state index contributed by atoms with van der Waals surface area (Å²) in [4.78, 5) is 34.5. The summed E-state index contributed by atoms with van der Waals surface area (Å²) in [6.07, 6.45) is 4.73. The molecule has 0 unspecified atom stereocenters. The van der Waals surface area contributed by atoms with Crippen LogP contribution >= 0.6 is 23.4 Å². The molecule has 7 nitrogen and oxygen atoms in total. The van der Waals surface area contributed by atoms with Crippen molar-refractivity contribution in [3.8, 4) is 0 Å². The molecule has 9 heteroatoms. The van der Waals surface area contributed by atoms with Crippen LogP contribution in [0.1, 0.15) is 29.4 Å². The van der Waals surface area contributed by atoms with Crippen LogP contribution in [0.2, 0.25) is 5.02 Å². The molecule has 1 aromatic carbocycles. The zero-order chi connectivity index (χ0) is 20.1. The highest BCUT2D eigenvalue weighted by molar-refractivity contribution is 7.98. The lowest BCUT2D eigenvalue weighted by molar-refractivity contribution is -0.142. The lowest BCUT2D eigenvalue weighted by Crippen LogP contribution is -2.51. The number of ether oxygens (including phenoxy) is 1. The number of aromatic nitrogens is 2. The third-order valence-electron chi connectivity index (χ3n) is 4.78. The van der Waals surface area contributed by atoms with Crippen molar-refractivity contribution in [2.75, 3.05) is 25.7 Å². The zero-order valence-electron chi connectivity index (χ0n) is 15.8. The Bertz CT molecular complexity index is 844. The fourth-order valence-electron chi connectivity index (χ4n) is 3.37. The molecule has 2 aromatic rings. The average molecular weight is 423 g/mol. The van der Waals surface area contributed by atoms with Crippen LogP contribution in [0.4, 0.5) is 4.79 Å². The number of methoxy groups -OCH3 is 1. The number of fused-ring (bicyclic) bond motifs is 1. The van der Waals surface area contributed by atoms with Crippen LogP contribution < -0.4 is 5.32 Å². The normalized spacial score (nSPS) is 17.0. The van der Waals surface area contributed by atoms with E-state index in [4.69, 9.17) is 16.3 Å². The van der Waals surface area contributed by atoms with Crippen molar-refractivity contribution in [1.82, 2.24) is 20.2 Å². The molecule has 2 atom stereocenters. The smallest absolute Gasteiger partial charge is 0.328 e. The Morgan fingerprint density at radius 1 is 1.46 bits per heavy atom. The van der Waals surface area contributed by atoms with Gasteiger partial charge < -0.3 is 19.9 Å². The summed E-state index contributed by atoms with van der Waals surface area (Å²) in [7, 11) is 1.32. The van der Waals surface area contributed by atoms with Crippen molar-refractivity contribution in [1.29, 1.82) is 0 Å². The molecule has 0 bridgehead atoms. The van der Waals surface area contributed by atoms with Crippen molar-refractivity contribution < 1.29 is 14.3 Å². The van der Waals surface area contributed by atoms with Crippen molar-refractivity contribution in [2.24, 2.45) is 0 Å². The van der Waals surface area contributed by atoms with Crippen LogP contribution in [0, 0.1) is 0 Å². The summed E-state index contributed by atoms with van der Waals surface area (Å²) in [5.74, 6) is 0.284. The minimum absolute atomic E-state index is 0.338. The quantitative estimate of drug-likeness (QED) is 0.699. The minimum Gasteiger partial charge on any atom is -0.467 e. The van der Waals surface area contributed by atoms with Gasteiger partial charge in [-0.2, -0.15) is 11.8 Å². The predicted octanol–water partition coefficient (Wildman–Crippen LogP) is 3.01. The van der Waals surface area contributed by atoms with E-state index in [1.165, 1.54) is 7.11 Å². The van der Waals surface area contributed by atoms with E-state index in [-0.39, 0.29) is 6.03 Å². The monoisotopic (exact) mass is 422 g/mol. The highest BCUT2D eigenvalue weighted by Gasteiger charge is 2.36. The number of nitrogens with one attached hydrogen (secondary N) is 2. The number of nitrogens with zero attached hydrogens (tertiary/aromatic N) is 2. The van der Waals surface area contributed by atoms with Gasteiger partial charge in [0.2, 0.25) is 0 Å². The van der Waals surface area contributed by atoms with Gasteiger partial charge in [-0.05, 0) is 30.1 Å². The van der Waals surface area contributed by atoms with Crippen LogP contribution in [0.5, 0.6) is 0 Å². The van der Waals surface area contributed by atoms with Gasteiger partial charge in [-0.1, -0.05) is 29.8 Å². The molecule has 0 spiro atoms. The Labute approximate surface area is 173 Å². The number of halogens is 1. The van der Waals surface area contributed by atoms with E-state index in [2.05, 4.69) is 15.3 Å². The zero-order valence-corrected chi connectivity index (χ0v) is 17.3. The van der Waals surface area contributed by atoms with Crippen LogP contribution in [-0.2, 0) is 16.0 Å². The molecule has 0 aliphatic carbocycles. The third kappa shape index (κ3) is 4.28. The molecule has 2 N–H and O–H groups in total. The maximum Gasteiger partial charge on any atom is 0.328 e. The summed E-state index contributed by atoms with van der Waals surface area (Å²) < 4.78 is 4.85. The number of hydrogen-bond donors (Lipinski definition) is 2. The van der Waals surface area contributed by atoms with Gasteiger partial charge in [0, 0.05) is 23.7 Å². The molecule has 1 aliphatic heterocycles. The number of carbonyl (C=O) groups is 2. The Hall–Kier alpha value is -2.19. The van der Waals surface area contributed by atoms with E-state index in [1.54, 1.807) is 29.1 Å². The Kier molecular flexibility index (Phi) is 6.85. The van der Waals surface area contributed by atoms with Crippen LogP contribution in [-0.4, -0.2) is 58.6 Å². The van der Waals surface area contributed by atoms with E-state index in [1.807, 2.05) is 24.5 Å². The number of thioether (sulfide) groups is 1. The van der Waals surface area contributed by atoms with Crippen molar-refractivity contribution >= 4 is 35.4 Å². The van der Waals surface area contributed by atoms with Gasteiger partial charge in [-0.25, -0.2) is 14.6 Å². The molecule has 28 heavy (non-hydrogen) atoms. The second-order valence-electron chi connectivity index (χ2n) is 6.44. The number of esters is 1. The lowest BCUT2D eigenvalue weighted by atomic mass is 9.96. The second-order valence-corrected chi connectivity index (χ2v) is 7.83. The molecule has 0 saturated carbocycles. The molecule has 0 radical (unpaired) electrons. The largest absolute Gasteiger partial charge is 0.467 e. The van der Waals surface area contributed by atoms with Crippen molar-refractivity contribution in [3.05, 3.63) is 52.6 Å². The van der Waals surface area contributed by atoms with E-state index < -0.39 is 18.1 Å².